The number of nitrogens with zero attached hydrogens (tertiary/aromatic N) is 1. The molecule has 1 aromatic heterocycles. The summed E-state index contributed by atoms with van der Waals surface area (Å²) in [6, 6.07) is 16.5. The van der Waals surface area contributed by atoms with Crippen LogP contribution in [0.1, 0.15) is 26.3 Å². The largest absolute Gasteiger partial charge is 0.444 e. The number of ether oxygens (including phenoxy) is 1. The third-order valence-corrected chi connectivity index (χ3v) is 4.54. The molecule has 0 saturated carbocycles. The number of hydrogen-bond acceptors (Lipinski definition) is 6. The first kappa shape index (κ1) is 18.9. The SMILES string of the molecule is Nc1c2c(cc(=O)n1-c1ccc(NC(=O)OCc3ccccc3)cc1)C(=O)NC2=O. The molecule has 0 atom stereocenters. The van der Waals surface area contributed by atoms with Gasteiger partial charge in [0.25, 0.3) is 17.4 Å². The van der Waals surface area contributed by atoms with Gasteiger partial charge in [-0.05, 0) is 29.8 Å². The van der Waals surface area contributed by atoms with E-state index in [0.717, 1.165) is 16.2 Å². The van der Waals surface area contributed by atoms with E-state index in [4.69, 9.17) is 10.5 Å². The summed E-state index contributed by atoms with van der Waals surface area (Å²) in [5.74, 6) is -1.44. The number of nitrogen functional groups attached to an aromatic ring is 1. The van der Waals surface area contributed by atoms with Gasteiger partial charge in [-0.2, -0.15) is 0 Å². The Labute approximate surface area is 170 Å². The Morgan fingerprint density at radius 2 is 1.70 bits per heavy atom. The van der Waals surface area contributed by atoms with Crippen LogP contribution in [0, 0.1) is 0 Å². The molecule has 0 unspecified atom stereocenters. The summed E-state index contributed by atoms with van der Waals surface area (Å²) in [5.41, 5.74) is 7.03. The zero-order valence-electron chi connectivity index (χ0n) is 15.5. The summed E-state index contributed by atoms with van der Waals surface area (Å²) >= 11 is 0. The second kappa shape index (κ2) is 7.55. The molecule has 1 aliphatic rings. The van der Waals surface area contributed by atoms with E-state index in [1.165, 1.54) is 0 Å². The van der Waals surface area contributed by atoms with Crippen LogP contribution in [0.5, 0.6) is 0 Å². The molecule has 1 aliphatic heterocycles. The molecule has 3 aromatic rings. The van der Waals surface area contributed by atoms with E-state index in [0.29, 0.717) is 11.4 Å². The highest BCUT2D eigenvalue weighted by atomic mass is 16.5. The van der Waals surface area contributed by atoms with Crippen LogP contribution in [0.25, 0.3) is 5.69 Å². The van der Waals surface area contributed by atoms with Crippen molar-refractivity contribution in [3.8, 4) is 5.69 Å². The summed E-state index contributed by atoms with van der Waals surface area (Å²) in [5, 5.41) is 4.70. The van der Waals surface area contributed by atoms with Crippen LogP contribution < -0.4 is 21.9 Å². The van der Waals surface area contributed by atoms with Crippen molar-refractivity contribution in [3.63, 3.8) is 0 Å². The van der Waals surface area contributed by atoms with Crippen LogP contribution in [-0.2, 0) is 11.3 Å². The molecule has 0 fully saturated rings. The van der Waals surface area contributed by atoms with Crippen LogP contribution in [0.15, 0.2) is 65.5 Å². The Balaban J connectivity index is 1.51. The molecule has 9 heteroatoms. The number of benzene rings is 2. The maximum atomic E-state index is 12.4. The van der Waals surface area contributed by atoms with Crippen molar-refractivity contribution in [2.75, 3.05) is 11.1 Å². The lowest BCUT2D eigenvalue weighted by atomic mass is 10.1. The van der Waals surface area contributed by atoms with Gasteiger partial charge in [0.2, 0.25) is 0 Å². The lowest BCUT2D eigenvalue weighted by molar-refractivity contribution is 0.0879. The van der Waals surface area contributed by atoms with Crippen LogP contribution in [0.3, 0.4) is 0 Å². The number of anilines is 2. The number of imide groups is 1. The zero-order valence-corrected chi connectivity index (χ0v) is 15.5. The minimum absolute atomic E-state index is 0.0358. The molecule has 9 nitrogen and oxygen atoms in total. The molecule has 150 valence electrons. The molecule has 0 aliphatic carbocycles. The van der Waals surface area contributed by atoms with Gasteiger partial charge in [-0.1, -0.05) is 30.3 Å². The molecule has 0 radical (unpaired) electrons. The summed E-state index contributed by atoms with van der Waals surface area (Å²) in [4.78, 5) is 48.1. The average Bonchev–Trinajstić information content (AvgIpc) is 3.02. The fourth-order valence-corrected chi connectivity index (χ4v) is 3.12. The van der Waals surface area contributed by atoms with Gasteiger partial charge < -0.3 is 10.5 Å². The quantitative estimate of drug-likeness (QED) is 0.570. The predicted molar refractivity (Wildman–Crippen MR) is 108 cm³/mol. The van der Waals surface area contributed by atoms with Gasteiger partial charge >= 0.3 is 6.09 Å². The fraction of sp³-hybridized carbons (Fsp3) is 0.0476. The molecule has 0 bridgehead atoms. The fourth-order valence-electron chi connectivity index (χ4n) is 3.12. The number of nitrogens with one attached hydrogen (secondary N) is 2. The van der Waals surface area contributed by atoms with Gasteiger partial charge in [-0.15, -0.1) is 0 Å². The number of rotatable bonds is 4. The molecule has 30 heavy (non-hydrogen) atoms. The Hall–Kier alpha value is -4.40. The normalized spacial score (nSPS) is 12.3. The zero-order chi connectivity index (χ0) is 21.3. The Kier molecular flexibility index (Phi) is 4.77. The third-order valence-electron chi connectivity index (χ3n) is 4.54. The van der Waals surface area contributed by atoms with Gasteiger partial charge in [-0.3, -0.25) is 29.6 Å². The van der Waals surface area contributed by atoms with Crippen molar-refractivity contribution in [2.24, 2.45) is 0 Å². The summed E-state index contributed by atoms with van der Waals surface area (Å²) in [7, 11) is 0. The highest BCUT2D eigenvalue weighted by molar-refractivity contribution is 6.23. The highest BCUT2D eigenvalue weighted by Gasteiger charge is 2.31. The molecule has 4 rings (SSSR count). The van der Waals surface area contributed by atoms with E-state index in [9.17, 15) is 19.2 Å². The van der Waals surface area contributed by atoms with Crippen LogP contribution in [-0.4, -0.2) is 22.5 Å². The van der Waals surface area contributed by atoms with Crippen molar-refractivity contribution in [3.05, 3.63) is 87.7 Å². The lowest BCUT2D eigenvalue weighted by Gasteiger charge is -2.13. The number of carbonyl (C=O) groups is 3. The third kappa shape index (κ3) is 3.51. The standard InChI is InChI=1S/C21H16N4O5/c22-18-17-15(19(27)24-20(17)28)10-16(26)25(18)14-8-6-13(7-9-14)23-21(29)30-11-12-4-2-1-3-5-12/h1-10H,11,22H2,(H,23,29)(H,24,27,28). The highest BCUT2D eigenvalue weighted by Crippen LogP contribution is 2.23. The van der Waals surface area contributed by atoms with E-state index < -0.39 is 23.5 Å². The average molecular weight is 404 g/mol. The first-order chi connectivity index (χ1) is 14.4. The Morgan fingerprint density at radius 3 is 2.40 bits per heavy atom. The minimum atomic E-state index is -0.653. The van der Waals surface area contributed by atoms with Crippen molar-refractivity contribution >= 4 is 29.4 Å². The topological polar surface area (TPSA) is 133 Å². The van der Waals surface area contributed by atoms with E-state index in [1.807, 2.05) is 30.3 Å². The number of amides is 3. The van der Waals surface area contributed by atoms with E-state index in [2.05, 4.69) is 10.6 Å². The number of nitrogens with two attached hydrogens (primary N) is 1. The number of carbonyl (C=O) groups excluding carboxylic acids is 3. The summed E-state index contributed by atoms with van der Waals surface area (Å²) in [6.45, 7) is 0.132. The van der Waals surface area contributed by atoms with Crippen molar-refractivity contribution in [1.82, 2.24) is 9.88 Å². The minimum Gasteiger partial charge on any atom is -0.444 e. The van der Waals surface area contributed by atoms with Crippen LogP contribution in [0.4, 0.5) is 16.3 Å². The molecule has 4 N–H and O–H groups in total. The number of fused-ring (bicyclic) bond motifs is 1. The first-order valence-corrected chi connectivity index (χ1v) is 8.93. The van der Waals surface area contributed by atoms with Gasteiger partial charge in [0.15, 0.2) is 0 Å². The number of aromatic nitrogens is 1. The molecular formula is C21H16N4O5. The van der Waals surface area contributed by atoms with E-state index in [1.54, 1.807) is 24.3 Å². The smallest absolute Gasteiger partial charge is 0.411 e. The molecule has 0 spiro atoms. The molecular weight excluding hydrogens is 388 g/mol. The second-order valence-corrected chi connectivity index (χ2v) is 6.51. The summed E-state index contributed by atoms with van der Waals surface area (Å²) < 4.78 is 6.28. The van der Waals surface area contributed by atoms with Gasteiger partial charge in [-0.25, -0.2) is 4.79 Å². The van der Waals surface area contributed by atoms with Gasteiger partial charge in [0, 0.05) is 11.8 Å². The van der Waals surface area contributed by atoms with Gasteiger partial charge in [0.05, 0.1) is 16.8 Å². The second-order valence-electron chi connectivity index (χ2n) is 6.51. The van der Waals surface area contributed by atoms with E-state index in [-0.39, 0.29) is 23.6 Å². The van der Waals surface area contributed by atoms with Crippen molar-refractivity contribution < 1.29 is 19.1 Å². The van der Waals surface area contributed by atoms with E-state index >= 15 is 0 Å². The predicted octanol–water partition coefficient (Wildman–Crippen LogP) is 2.05. The van der Waals surface area contributed by atoms with Gasteiger partial charge in [0.1, 0.15) is 12.4 Å². The first-order valence-electron chi connectivity index (χ1n) is 8.93. The lowest BCUT2D eigenvalue weighted by Crippen LogP contribution is -2.24. The summed E-state index contributed by atoms with van der Waals surface area (Å²) in [6.07, 6.45) is -0.629. The Bertz CT molecular complexity index is 1220. The maximum absolute atomic E-state index is 12.4. The van der Waals surface area contributed by atoms with Crippen LogP contribution in [0.2, 0.25) is 0 Å². The number of hydrogen-bond donors (Lipinski definition) is 3. The molecule has 2 aromatic carbocycles. The van der Waals surface area contributed by atoms with Crippen molar-refractivity contribution in [1.29, 1.82) is 0 Å². The maximum Gasteiger partial charge on any atom is 0.411 e. The molecule has 2 heterocycles. The Morgan fingerprint density at radius 1 is 1.00 bits per heavy atom. The monoisotopic (exact) mass is 404 g/mol. The molecule has 0 saturated heterocycles. The molecule has 3 amide bonds. The number of pyridine rings is 1. The van der Waals surface area contributed by atoms with Crippen LogP contribution >= 0.6 is 0 Å². The van der Waals surface area contributed by atoms with Crippen molar-refractivity contribution in [2.45, 2.75) is 6.61 Å².